The molecule has 2 unspecified atom stereocenters. The fraction of sp³-hybridized carbons (Fsp3) is 0.333. The molecule has 1 aromatic carbocycles. The number of hydrogen-bond donors (Lipinski definition) is 3. The van der Waals surface area contributed by atoms with Gasteiger partial charge in [-0.3, -0.25) is 4.79 Å². The summed E-state index contributed by atoms with van der Waals surface area (Å²) in [5, 5.41) is 29.0. The number of carbonyl (C=O) groups is 1. The van der Waals surface area contributed by atoms with Gasteiger partial charge in [0.25, 0.3) is 0 Å². The van der Waals surface area contributed by atoms with Gasteiger partial charge in [0.15, 0.2) is 0 Å². The van der Waals surface area contributed by atoms with Crippen molar-refractivity contribution in [3.63, 3.8) is 0 Å². The number of aliphatic hydroxyl groups is 2. The maximum absolute atomic E-state index is 13.1. The van der Waals surface area contributed by atoms with Crippen molar-refractivity contribution >= 4 is 11.7 Å². The van der Waals surface area contributed by atoms with E-state index in [0.717, 1.165) is 17.0 Å². The number of para-hydroxylation sites is 1. The predicted molar refractivity (Wildman–Crippen MR) is 131 cm³/mol. The fourth-order valence-corrected chi connectivity index (χ4v) is 3.24. The molecule has 0 aromatic heterocycles. The maximum atomic E-state index is 13.1. The van der Waals surface area contributed by atoms with Crippen molar-refractivity contribution in [2.45, 2.75) is 58.8 Å². The van der Waals surface area contributed by atoms with Crippen molar-refractivity contribution in [3.05, 3.63) is 95.7 Å². The third-order valence-electron chi connectivity index (χ3n) is 4.75. The lowest BCUT2D eigenvalue weighted by molar-refractivity contribution is -0.139. The van der Waals surface area contributed by atoms with Crippen LogP contribution >= 0.6 is 0 Å². The second-order valence-electron chi connectivity index (χ2n) is 7.91. The van der Waals surface area contributed by atoms with Crippen LogP contribution in [0.25, 0.3) is 0 Å². The largest absolute Gasteiger partial charge is 0.481 e. The highest BCUT2D eigenvalue weighted by atomic mass is 19.1. The Balaban J connectivity index is 3.54. The quantitative estimate of drug-likeness (QED) is 0.288. The first-order valence-corrected chi connectivity index (χ1v) is 10.8. The van der Waals surface area contributed by atoms with Gasteiger partial charge in [0, 0.05) is 29.4 Å². The average Bonchev–Trinajstić information content (AvgIpc) is 2.73. The molecule has 0 fully saturated rings. The van der Waals surface area contributed by atoms with Gasteiger partial charge < -0.3 is 20.2 Å². The van der Waals surface area contributed by atoms with Gasteiger partial charge in [-0.2, -0.15) is 0 Å². The summed E-state index contributed by atoms with van der Waals surface area (Å²) in [6.45, 7) is 11.1. The van der Waals surface area contributed by atoms with Crippen molar-refractivity contribution < 1.29 is 24.5 Å². The van der Waals surface area contributed by atoms with E-state index in [4.69, 9.17) is 5.11 Å². The Morgan fingerprint density at radius 1 is 1.21 bits per heavy atom. The molecule has 0 amide bonds. The highest BCUT2D eigenvalue weighted by molar-refractivity contribution is 5.67. The molecule has 6 heteroatoms. The smallest absolute Gasteiger partial charge is 0.305 e. The van der Waals surface area contributed by atoms with Gasteiger partial charge in [-0.15, -0.1) is 5.73 Å². The van der Waals surface area contributed by atoms with E-state index in [1.165, 1.54) is 25.2 Å². The normalized spacial score (nSPS) is 14.4. The Hall–Kier alpha value is -3.18. The van der Waals surface area contributed by atoms with E-state index in [1.807, 2.05) is 51.1 Å². The molecular weight excluding hydrogens is 421 g/mol. The minimum atomic E-state index is -1.16. The number of hydrogen-bond acceptors (Lipinski definition) is 4. The Bertz CT molecular complexity index is 950. The topological polar surface area (TPSA) is 81.0 Å². The van der Waals surface area contributed by atoms with E-state index in [2.05, 4.69) is 17.2 Å². The molecule has 33 heavy (non-hydrogen) atoms. The van der Waals surface area contributed by atoms with Crippen LogP contribution in [0.2, 0.25) is 0 Å². The molecule has 178 valence electrons. The molecule has 0 aliphatic heterocycles. The first-order valence-electron chi connectivity index (χ1n) is 10.8. The summed E-state index contributed by atoms with van der Waals surface area (Å²) < 4.78 is 13.1. The monoisotopic (exact) mass is 455 g/mol. The van der Waals surface area contributed by atoms with Crippen LogP contribution in [0.15, 0.2) is 95.7 Å². The van der Waals surface area contributed by atoms with Crippen molar-refractivity contribution in [1.29, 1.82) is 0 Å². The van der Waals surface area contributed by atoms with Gasteiger partial charge in [-0.25, -0.2) is 4.39 Å². The van der Waals surface area contributed by atoms with Crippen LogP contribution in [0.3, 0.4) is 0 Å². The van der Waals surface area contributed by atoms with Crippen LogP contribution < -0.4 is 4.90 Å². The Morgan fingerprint density at radius 2 is 1.85 bits per heavy atom. The number of aliphatic carboxylic acids is 1. The number of halogens is 1. The highest BCUT2D eigenvalue weighted by Gasteiger charge is 2.18. The molecule has 0 aliphatic rings. The number of carboxylic acids is 1. The minimum Gasteiger partial charge on any atom is -0.481 e. The summed E-state index contributed by atoms with van der Waals surface area (Å²) in [6, 6.07) is 9.76. The summed E-state index contributed by atoms with van der Waals surface area (Å²) in [4.78, 5) is 12.9. The van der Waals surface area contributed by atoms with Crippen LogP contribution in [-0.2, 0) is 4.79 Å². The van der Waals surface area contributed by atoms with Crippen LogP contribution in [-0.4, -0.2) is 39.5 Å². The van der Waals surface area contributed by atoms with Crippen molar-refractivity contribution in [3.8, 4) is 0 Å². The van der Waals surface area contributed by atoms with E-state index in [-0.39, 0.29) is 18.3 Å². The van der Waals surface area contributed by atoms with Crippen molar-refractivity contribution in [1.82, 2.24) is 0 Å². The standard InChI is InChI=1S/C27H34FNO4/c1-6-22(12-10-11-20(4)28)21(5)26(16-15-24(30)17-25(31)18-27(32)33)29(19(2)3)23-13-8-7-9-14-23/h6-11,13-16,19,24-25,30-31H,1,17-18H2,2-5H3,(H,32,33)/b16-15+,20-11+,26-21+. The summed E-state index contributed by atoms with van der Waals surface area (Å²) in [5.74, 6) is -1.47. The molecule has 5 nitrogen and oxygen atoms in total. The first kappa shape index (κ1) is 27.9. The summed E-state index contributed by atoms with van der Waals surface area (Å²) >= 11 is 0. The molecule has 0 spiro atoms. The van der Waals surface area contributed by atoms with Gasteiger partial charge in [0.2, 0.25) is 0 Å². The van der Waals surface area contributed by atoms with E-state index >= 15 is 0 Å². The zero-order chi connectivity index (χ0) is 25.0. The van der Waals surface area contributed by atoms with Gasteiger partial charge in [0.1, 0.15) is 0 Å². The minimum absolute atomic E-state index is 0.0415. The predicted octanol–water partition coefficient (Wildman–Crippen LogP) is 5.46. The van der Waals surface area contributed by atoms with E-state index < -0.39 is 24.6 Å². The Morgan fingerprint density at radius 3 is 2.36 bits per heavy atom. The van der Waals surface area contributed by atoms with E-state index in [1.54, 1.807) is 12.2 Å². The molecule has 0 aliphatic carbocycles. The lowest BCUT2D eigenvalue weighted by Crippen LogP contribution is -2.30. The average molecular weight is 456 g/mol. The lowest BCUT2D eigenvalue weighted by Gasteiger charge is -2.32. The third-order valence-corrected chi connectivity index (χ3v) is 4.75. The van der Waals surface area contributed by atoms with Crippen LogP contribution in [0, 0.1) is 0 Å². The van der Waals surface area contributed by atoms with E-state index in [0.29, 0.717) is 5.57 Å². The molecule has 0 radical (unpaired) electrons. The molecule has 1 rings (SSSR count). The summed E-state index contributed by atoms with van der Waals surface area (Å²) in [5.41, 5.74) is 6.16. The number of rotatable bonds is 12. The highest BCUT2D eigenvalue weighted by Crippen LogP contribution is 2.28. The van der Waals surface area contributed by atoms with E-state index in [9.17, 15) is 19.4 Å². The van der Waals surface area contributed by atoms with Gasteiger partial charge in [0.05, 0.1) is 24.5 Å². The molecular formula is C27H34FNO4. The zero-order valence-electron chi connectivity index (χ0n) is 19.7. The number of nitrogens with zero attached hydrogens (tertiary/aromatic N) is 1. The van der Waals surface area contributed by atoms with Gasteiger partial charge in [-0.05, 0) is 63.6 Å². The molecule has 0 heterocycles. The number of allylic oxidation sites excluding steroid dienone is 6. The number of anilines is 1. The number of carboxylic acid groups (broad SMARTS) is 1. The lowest BCUT2D eigenvalue weighted by atomic mass is 10.0. The maximum Gasteiger partial charge on any atom is 0.305 e. The van der Waals surface area contributed by atoms with Crippen LogP contribution in [0.1, 0.15) is 40.5 Å². The molecule has 0 saturated carbocycles. The Kier molecular flexibility index (Phi) is 11.9. The van der Waals surface area contributed by atoms with Crippen molar-refractivity contribution in [2.75, 3.05) is 4.90 Å². The SMILES string of the molecule is C=CC(=C=C/C=C(\C)F)/C(C)=C(\C=C\C(O)CC(O)CC(=O)O)N(c1ccccc1)C(C)C. The Labute approximate surface area is 195 Å². The van der Waals surface area contributed by atoms with Gasteiger partial charge in [-0.1, -0.05) is 36.9 Å². The van der Waals surface area contributed by atoms with Crippen LogP contribution in [0.5, 0.6) is 0 Å². The first-order chi connectivity index (χ1) is 15.6. The number of aliphatic hydroxyl groups excluding tert-OH is 2. The van der Waals surface area contributed by atoms with Crippen molar-refractivity contribution in [2.24, 2.45) is 0 Å². The summed E-state index contributed by atoms with van der Waals surface area (Å²) in [7, 11) is 0. The molecule has 0 bridgehead atoms. The molecule has 0 saturated heterocycles. The third kappa shape index (κ3) is 9.87. The molecule has 2 atom stereocenters. The van der Waals surface area contributed by atoms with Gasteiger partial charge >= 0.3 is 5.97 Å². The second kappa shape index (κ2) is 14.1. The molecule has 1 aromatic rings. The fourth-order valence-electron chi connectivity index (χ4n) is 3.24. The zero-order valence-corrected chi connectivity index (χ0v) is 19.7. The molecule has 3 N–H and O–H groups in total. The van der Waals surface area contributed by atoms with Crippen LogP contribution in [0.4, 0.5) is 10.1 Å². The second-order valence-corrected chi connectivity index (χ2v) is 7.91. The number of benzene rings is 1. The summed E-state index contributed by atoms with van der Waals surface area (Å²) in [6.07, 6.45) is 4.92.